The van der Waals surface area contributed by atoms with E-state index in [1.807, 2.05) is 6.07 Å². The van der Waals surface area contributed by atoms with Gasteiger partial charge in [-0.25, -0.2) is 0 Å². The number of carbonyl (C=O) groups is 1. The fourth-order valence-electron chi connectivity index (χ4n) is 1.64. The molecule has 1 rings (SSSR count). The first-order valence-electron chi connectivity index (χ1n) is 5.36. The van der Waals surface area contributed by atoms with Crippen molar-refractivity contribution >= 4 is 5.97 Å². The van der Waals surface area contributed by atoms with Crippen LogP contribution < -0.4 is 5.32 Å². The summed E-state index contributed by atoms with van der Waals surface area (Å²) in [5.41, 5.74) is -0.656. The van der Waals surface area contributed by atoms with E-state index in [4.69, 9.17) is 10.00 Å². The summed E-state index contributed by atoms with van der Waals surface area (Å²) in [5.74, 6) is -0.152. The van der Waals surface area contributed by atoms with Gasteiger partial charge in [0.25, 0.3) is 0 Å². The van der Waals surface area contributed by atoms with E-state index >= 15 is 0 Å². The lowest BCUT2D eigenvalue weighted by Gasteiger charge is -2.27. The molecule has 1 N–H and O–H groups in total. The minimum atomic E-state index is -0.656. The number of hydrogen-bond donors (Lipinski definition) is 1. The highest BCUT2D eigenvalue weighted by atomic mass is 16.6. The number of carbonyl (C=O) groups excluding carboxylic acids is 1. The van der Waals surface area contributed by atoms with Gasteiger partial charge in [0.1, 0.15) is 5.60 Å². The smallest absolute Gasteiger partial charge is 0.309 e. The summed E-state index contributed by atoms with van der Waals surface area (Å²) in [4.78, 5) is 11.7. The maximum Gasteiger partial charge on any atom is 0.309 e. The Morgan fingerprint density at radius 1 is 1.53 bits per heavy atom. The second kappa shape index (κ2) is 5.13. The first-order valence-corrected chi connectivity index (χ1v) is 5.36. The van der Waals surface area contributed by atoms with Gasteiger partial charge in [-0.15, -0.1) is 0 Å². The fourth-order valence-corrected chi connectivity index (χ4v) is 1.64. The quantitative estimate of drug-likeness (QED) is 0.711. The van der Waals surface area contributed by atoms with Gasteiger partial charge in [-0.3, -0.25) is 4.79 Å². The summed E-state index contributed by atoms with van der Waals surface area (Å²) in [6, 6.07) is 2.03. The van der Waals surface area contributed by atoms with Gasteiger partial charge in [0.15, 0.2) is 0 Å². The Balaban J connectivity index is 2.43. The molecule has 0 aromatic carbocycles. The van der Waals surface area contributed by atoms with Crippen LogP contribution in [0.15, 0.2) is 0 Å². The van der Waals surface area contributed by atoms with Crippen LogP contribution in [-0.2, 0) is 9.53 Å². The Kier molecular flexibility index (Phi) is 4.10. The Morgan fingerprint density at radius 3 is 2.67 bits per heavy atom. The summed E-state index contributed by atoms with van der Waals surface area (Å²) in [6.45, 7) is 5.29. The van der Waals surface area contributed by atoms with Crippen LogP contribution in [-0.4, -0.2) is 24.7 Å². The van der Waals surface area contributed by atoms with E-state index in [-0.39, 0.29) is 18.3 Å². The maximum absolute atomic E-state index is 11.7. The molecule has 84 valence electrons. The van der Waals surface area contributed by atoms with E-state index in [2.05, 4.69) is 5.32 Å². The van der Waals surface area contributed by atoms with Gasteiger partial charge in [0, 0.05) is 0 Å². The number of hydrogen-bond acceptors (Lipinski definition) is 4. The number of esters is 1. The van der Waals surface area contributed by atoms with E-state index in [1.54, 1.807) is 13.8 Å². The molecule has 0 radical (unpaired) electrons. The van der Waals surface area contributed by atoms with E-state index in [1.165, 1.54) is 0 Å². The van der Waals surface area contributed by atoms with Crippen LogP contribution in [0.1, 0.15) is 33.1 Å². The number of ether oxygens (including phenoxy) is 1. The molecule has 0 aromatic rings. The van der Waals surface area contributed by atoms with Crippen LogP contribution in [0.25, 0.3) is 0 Å². The molecular formula is C11H18N2O2. The average molecular weight is 210 g/mol. The number of nitrogens with zero attached hydrogens (tertiary/aromatic N) is 1. The van der Waals surface area contributed by atoms with Crippen LogP contribution >= 0.6 is 0 Å². The lowest BCUT2D eigenvalue weighted by atomic mass is 9.97. The van der Waals surface area contributed by atoms with Gasteiger partial charge < -0.3 is 10.1 Å². The zero-order chi connectivity index (χ0) is 11.3. The molecule has 1 heterocycles. The lowest BCUT2D eigenvalue weighted by molar-refractivity contribution is -0.162. The summed E-state index contributed by atoms with van der Waals surface area (Å²) >= 11 is 0. The molecule has 0 unspecified atom stereocenters. The Bertz CT molecular complexity index is 262. The molecule has 1 aliphatic rings. The van der Waals surface area contributed by atoms with Gasteiger partial charge in [-0.05, 0) is 39.8 Å². The van der Waals surface area contributed by atoms with Crippen molar-refractivity contribution in [2.75, 3.05) is 13.1 Å². The molecule has 0 spiro atoms. The van der Waals surface area contributed by atoms with Crippen molar-refractivity contribution in [1.29, 1.82) is 5.26 Å². The zero-order valence-electron chi connectivity index (χ0n) is 9.38. The molecule has 0 aliphatic carbocycles. The monoisotopic (exact) mass is 210 g/mol. The Hall–Kier alpha value is -1.08. The molecule has 1 saturated heterocycles. The van der Waals surface area contributed by atoms with Crippen molar-refractivity contribution < 1.29 is 9.53 Å². The average Bonchev–Trinajstić information content (AvgIpc) is 2.18. The van der Waals surface area contributed by atoms with Gasteiger partial charge in [-0.1, -0.05) is 0 Å². The number of piperidine rings is 1. The van der Waals surface area contributed by atoms with E-state index in [0.717, 1.165) is 25.9 Å². The molecule has 1 aliphatic heterocycles. The predicted molar refractivity (Wildman–Crippen MR) is 56.0 cm³/mol. The molecule has 15 heavy (non-hydrogen) atoms. The van der Waals surface area contributed by atoms with Crippen LogP contribution in [0.4, 0.5) is 0 Å². The number of nitrogens with one attached hydrogen (secondary N) is 1. The van der Waals surface area contributed by atoms with Crippen LogP contribution in [0, 0.1) is 17.2 Å². The lowest BCUT2D eigenvalue weighted by Crippen LogP contribution is -2.36. The van der Waals surface area contributed by atoms with Gasteiger partial charge in [-0.2, -0.15) is 5.26 Å². The topological polar surface area (TPSA) is 62.1 Å². The molecule has 4 nitrogen and oxygen atoms in total. The van der Waals surface area contributed by atoms with E-state index in [9.17, 15) is 4.79 Å². The predicted octanol–water partition coefficient (Wildman–Crippen LogP) is 1.22. The Morgan fingerprint density at radius 2 is 2.13 bits per heavy atom. The highest BCUT2D eigenvalue weighted by Crippen LogP contribution is 2.20. The number of rotatable bonds is 3. The third-order valence-electron chi connectivity index (χ3n) is 2.55. The first kappa shape index (κ1) is 12.0. The van der Waals surface area contributed by atoms with Gasteiger partial charge in [0.2, 0.25) is 0 Å². The molecule has 1 fully saturated rings. The molecule has 4 heteroatoms. The third-order valence-corrected chi connectivity index (χ3v) is 2.55. The van der Waals surface area contributed by atoms with Crippen molar-refractivity contribution in [3.8, 4) is 6.07 Å². The largest absolute Gasteiger partial charge is 0.458 e. The Labute approximate surface area is 90.6 Å². The molecule has 0 saturated carbocycles. The first-order chi connectivity index (χ1) is 7.05. The zero-order valence-corrected chi connectivity index (χ0v) is 9.38. The van der Waals surface area contributed by atoms with Crippen LogP contribution in [0.2, 0.25) is 0 Å². The van der Waals surface area contributed by atoms with Crippen molar-refractivity contribution in [2.24, 2.45) is 5.92 Å². The maximum atomic E-state index is 11.7. The number of nitriles is 1. The van der Waals surface area contributed by atoms with Crippen molar-refractivity contribution in [1.82, 2.24) is 5.32 Å². The van der Waals surface area contributed by atoms with Crippen LogP contribution in [0.5, 0.6) is 0 Å². The normalized spacial score (nSPS) is 18.2. The van der Waals surface area contributed by atoms with Crippen molar-refractivity contribution in [3.63, 3.8) is 0 Å². The SMILES string of the molecule is CC(C)(CC#N)OC(=O)C1CCNCC1. The van der Waals surface area contributed by atoms with Gasteiger partial charge >= 0.3 is 5.97 Å². The van der Waals surface area contributed by atoms with E-state index < -0.39 is 5.60 Å². The minimum absolute atomic E-state index is 0.00391. The fraction of sp³-hybridized carbons (Fsp3) is 0.818. The summed E-state index contributed by atoms with van der Waals surface area (Å²) in [6.07, 6.45) is 1.91. The second-order valence-electron chi connectivity index (χ2n) is 4.54. The molecule has 0 amide bonds. The van der Waals surface area contributed by atoms with Crippen LogP contribution in [0.3, 0.4) is 0 Å². The highest BCUT2D eigenvalue weighted by Gasteiger charge is 2.28. The summed E-state index contributed by atoms with van der Waals surface area (Å²) < 4.78 is 5.33. The highest BCUT2D eigenvalue weighted by molar-refractivity contribution is 5.73. The van der Waals surface area contributed by atoms with Crippen molar-refractivity contribution in [3.05, 3.63) is 0 Å². The summed E-state index contributed by atoms with van der Waals surface area (Å²) in [7, 11) is 0. The van der Waals surface area contributed by atoms with Gasteiger partial charge in [0.05, 0.1) is 18.4 Å². The molecular weight excluding hydrogens is 192 g/mol. The second-order valence-corrected chi connectivity index (χ2v) is 4.54. The third kappa shape index (κ3) is 3.88. The van der Waals surface area contributed by atoms with Crippen molar-refractivity contribution in [2.45, 2.75) is 38.7 Å². The summed E-state index contributed by atoms with van der Waals surface area (Å²) in [5, 5.41) is 11.8. The minimum Gasteiger partial charge on any atom is -0.458 e. The van der Waals surface area contributed by atoms with E-state index in [0.29, 0.717) is 0 Å². The standard InChI is InChI=1S/C11H18N2O2/c1-11(2,5-6-12)15-10(14)9-3-7-13-8-4-9/h9,13H,3-5,7-8H2,1-2H3. The molecule has 0 aromatic heterocycles. The molecule has 0 atom stereocenters. The molecule has 0 bridgehead atoms.